The highest BCUT2D eigenvalue weighted by Gasteiger charge is 1.96. The predicted octanol–water partition coefficient (Wildman–Crippen LogP) is 3.22. The number of hydrogen-bond acceptors (Lipinski definition) is 3. The van der Waals surface area contributed by atoms with Crippen LogP contribution in [-0.4, -0.2) is 20.2 Å². The van der Waals surface area contributed by atoms with Gasteiger partial charge in [-0.3, -0.25) is 4.79 Å². The lowest BCUT2D eigenvalue weighted by Gasteiger charge is -2.02. The quantitative estimate of drug-likeness (QED) is 0.591. The van der Waals surface area contributed by atoms with Crippen molar-refractivity contribution in [2.24, 2.45) is 0 Å². The molecular formula is C15H18O3. The third-order valence-electron chi connectivity index (χ3n) is 2.54. The Morgan fingerprint density at radius 3 is 2.44 bits per heavy atom. The average molecular weight is 246 g/mol. The van der Waals surface area contributed by atoms with E-state index in [0.717, 1.165) is 16.9 Å². The van der Waals surface area contributed by atoms with Gasteiger partial charge in [-0.2, -0.15) is 0 Å². The van der Waals surface area contributed by atoms with Crippen molar-refractivity contribution < 1.29 is 14.3 Å². The van der Waals surface area contributed by atoms with Gasteiger partial charge >= 0.3 is 5.97 Å². The molecule has 0 aromatic heterocycles. The molecule has 0 aliphatic heterocycles. The van der Waals surface area contributed by atoms with E-state index in [1.54, 1.807) is 13.2 Å². The lowest BCUT2D eigenvalue weighted by atomic mass is 10.1. The zero-order valence-electron chi connectivity index (χ0n) is 11.0. The molecule has 0 saturated heterocycles. The highest BCUT2D eigenvalue weighted by Crippen LogP contribution is 2.18. The Balaban J connectivity index is 2.62. The fourth-order valence-corrected chi connectivity index (χ4v) is 1.41. The van der Waals surface area contributed by atoms with Gasteiger partial charge in [0, 0.05) is 0 Å². The summed E-state index contributed by atoms with van der Waals surface area (Å²) in [7, 11) is 3.03. The van der Waals surface area contributed by atoms with Crippen molar-refractivity contribution in [2.45, 2.75) is 13.3 Å². The second-order valence-corrected chi connectivity index (χ2v) is 3.79. The van der Waals surface area contributed by atoms with Crippen LogP contribution in [0.5, 0.6) is 5.75 Å². The van der Waals surface area contributed by atoms with Gasteiger partial charge < -0.3 is 9.47 Å². The molecule has 0 amide bonds. The van der Waals surface area contributed by atoms with Gasteiger partial charge in [0.05, 0.1) is 20.6 Å². The number of methoxy groups -OCH3 is 2. The van der Waals surface area contributed by atoms with Gasteiger partial charge in [0.1, 0.15) is 5.75 Å². The summed E-state index contributed by atoms with van der Waals surface area (Å²) < 4.78 is 9.64. The van der Waals surface area contributed by atoms with Gasteiger partial charge in [-0.1, -0.05) is 30.4 Å². The van der Waals surface area contributed by atoms with Crippen molar-refractivity contribution in [3.05, 3.63) is 48.1 Å². The fourth-order valence-electron chi connectivity index (χ4n) is 1.41. The monoisotopic (exact) mass is 246 g/mol. The van der Waals surface area contributed by atoms with E-state index in [1.807, 2.05) is 43.3 Å². The number of ether oxygens (including phenoxy) is 2. The van der Waals surface area contributed by atoms with Crippen molar-refractivity contribution in [2.75, 3.05) is 14.2 Å². The summed E-state index contributed by atoms with van der Waals surface area (Å²) in [5.74, 6) is 0.606. The summed E-state index contributed by atoms with van der Waals surface area (Å²) in [6, 6.07) is 7.84. The first-order chi connectivity index (χ1) is 8.67. The van der Waals surface area contributed by atoms with E-state index in [4.69, 9.17) is 4.74 Å². The number of hydrogen-bond donors (Lipinski definition) is 0. The molecule has 0 atom stereocenters. The van der Waals surface area contributed by atoms with E-state index in [9.17, 15) is 4.79 Å². The summed E-state index contributed by atoms with van der Waals surface area (Å²) in [5, 5.41) is 0. The summed E-state index contributed by atoms with van der Waals surface area (Å²) in [6.07, 6.45) is 5.89. The molecular weight excluding hydrogens is 228 g/mol. The lowest BCUT2D eigenvalue weighted by Crippen LogP contribution is -1.96. The lowest BCUT2D eigenvalue weighted by molar-refractivity contribution is -0.139. The van der Waals surface area contributed by atoms with Gasteiger partial charge in [0.25, 0.3) is 0 Å². The second-order valence-electron chi connectivity index (χ2n) is 3.79. The van der Waals surface area contributed by atoms with E-state index in [-0.39, 0.29) is 5.97 Å². The van der Waals surface area contributed by atoms with Gasteiger partial charge in [-0.25, -0.2) is 0 Å². The molecule has 0 heterocycles. The van der Waals surface area contributed by atoms with Crippen LogP contribution in [0.25, 0.3) is 5.57 Å². The van der Waals surface area contributed by atoms with Crippen LogP contribution in [0.15, 0.2) is 42.5 Å². The van der Waals surface area contributed by atoms with Crippen molar-refractivity contribution in [1.82, 2.24) is 0 Å². The standard InChI is InChI=1S/C15H18O3/c1-12(6-4-5-7-15(16)18-3)13-8-10-14(17-2)11-9-13/h4-6,8-11H,7H2,1-3H3/b5-4+,12-6+. The maximum atomic E-state index is 10.9. The summed E-state index contributed by atoms with van der Waals surface area (Å²) in [5.41, 5.74) is 2.25. The Labute approximate surface area is 108 Å². The molecule has 0 radical (unpaired) electrons. The van der Waals surface area contributed by atoms with Crippen LogP contribution >= 0.6 is 0 Å². The highest BCUT2D eigenvalue weighted by molar-refractivity contribution is 5.71. The molecule has 0 saturated carbocycles. The minimum Gasteiger partial charge on any atom is -0.497 e. The van der Waals surface area contributed by atoms with Crippen molar-refractivity contribution >= 4 is 11.5 Å². The van der Waals surface area contributed by atoms with Gasteiger partial charge in [-0.15, -0.1) is 0 Å². The summed E-state index contributed by atoms with van der Waals surface area (Å²) >= 11 is 0. The first-order valence-corrected chi connectivity index (χ1v) is 5.72. The molecule has 96 valence electrons. The molecule has 0 unspecified atom stereocenters. The van der Waals surface area contributed by atoms with Crippen LogP contribution in [0.4, 0.5) is 0 Å². The number of allylic oxidation sites excluding steroid dienone is 3. The molecule has 3 heteroatoms. The van der Waals surface area contributed by atoms with E-state index < -0.39 is 0 Å². The van der Waals surface area contributed by atoms with Crippen molar-refractivity contribution in [3.63, 3.8) is 0 Å². The number of esters is 1. The molecule has 0 fully saturated rings. The molecule has 0 spiro atoms. The van der Waals surface area contributed by atoms with Gasteiger partial charge in [-0.05, 0) is 30.2 Å². The van der Waals surface area contributed by atoms with Crippen LogP contribution in [0.3, 0.4) is 0 Å². The van der Waals surface area contributed by atoms with E-state index in [0.29, 0.717) is 6.42 Å². The van der Waals surface area contributed by atoms with Crippen molar-refractivity contribution in [3.8, 4) is 5.75 Å². The molecule has 0 N–H and O–H groups in total. The SMILES string of the molecule is COC(=O)C/C=C/C=C(\C)c1ccc(OC)cc1. The van der Waals surface area contributed by atoms with Crippen LogP contribution in [-0.2, 0) is 9.53 Å². The number of rotatable bonds is 5. The van der Waals surface area contributed by atoms with E-state index >= 15 is 0 Å². The van der Waals surface area contributed by atoms with Crippen LogP contribution in [0.2, 0.25) is 0 Å². The average Bonchev–Trinajstić information content (AvgIpc) is 2.43. The normalized spacial score (nSPS) is 11.6. The summed E-state index contributed by atoms with van der Waals surface area (Å²) in [4.78, 5) is 10.9. The van der Waals surface area contributed by atoms with Gasteiger partial charge in [0.15, 0.2) is 0 Å². The maximum Gasteiger partial charge on any atom is 0.309 e. The number of carbonyl (C=O) groups is 1. The largest absolute Gasteiger partial charge is 0.497 e. The first kappa shape index (κ1) is 14.0. The molecule has 18 heavy (non-hydrogen) atoms. The third-order valence-corrected chi connectivity index (χ3v) is 2.54. The number of carbonyl (C=O) groups excluding carboxylic acids is 1. The molecule has 0 aliphatic rings. The minimum atomic E-state index is -0.234. The molecule has 1 aromatic rings. The second kappa shape index (κ2) is 7.33. The zero-order chi connectivity index (χ0) is 13.4. The fraction of sp³-hybridized carbons (Fsp3) is 0.267. The Morgan fingerprint density at radius 2 is 1.89 bits per heavy atom. The Hall–Kier alpha value is -2.03. The first-order valence-electron chi connectivity index (χ1n) is 5.72. The molecule has 0 aliphatic carbocycles. The molecule has 1 rings (SSSR count). The Morgan fingerprint density at radius 1 is 1.22 bits per heavy atom. The number of benzene rings is 1. The van der Waals surface area contributed by atoms with Gasteiger partial charge in [0.2, 0.25) is 0 Å². The van der Waals surface area contributed by atoms with Crippen molar-refractivity contribution in [1.29, 1.82) is 0 Å². The smallest absolute Gasteiger partial charge is 0.309 e. The highest BCUT2D eigenvalue weighted by atomic mass is 16.5. The third kappa shape index (κ3) is 4.45. The van der Waals surface area contributed by atoms with Crippen LogP contribution in [0.1, 0.15) is 18.9 Å². The van der Waals surface area contributed by atoms with Crippen LogP contribution in [0, 0.1) is 0 Å². The van der Waals surface area contributed by atoms with Crippen LogP contribution < -0.4 is 4.74 Å². The topological polar surface area (TPSA) is 35.5 Å². The zero-order valence-corrected chi connectivity index (χ0v) is 11.0. The molecule has 0 bridgehead atoms. The summed E-state index contributed by atoms with van der Waals surface area (Å²) in [6.45, 7) is 2.02. The Kier molecular flexibility index (Phi) is 5.71. The Bertz CT molecular complexity index is 441. The van der Waals surface area contributed by atoms with E-state index in [2.05, 4.69) is 4.74 Å². The molecule has 3 nitrogen and oxygen atoms in total. The predicted molar refractivity (Wildman–Crippen MR) is 72.4 cm³/mol. The maximum absolute atomic E-state index is 10.9. The molecule has 1 aromatic carbocycles. The minimum absolute atomic E-state index is 0.234. The van der Waals surface area contributed by atoms with E-state index in [1.165, 1.54) is 7.11 Å².